The molecule has 1 aromatic carbocycles. The average molecular weight is 283 g/mol. The molecule has 0 saturated carbocycles. The van der Waals surface area contributed by atoms with Gasteiger partial charge in [-0.05, 0) is 36.8 Å². The van der Waals surface area contributed by atoms with Crippen LogP contribution in [0.2, 0.25) is 0 Å². The molecule has 2 N–H and O–H groups in total. The number of fused-ring (bicyclic) bond motifs is 1. The molecule has 1 atom stereocenters. The number of nitrogens with two attached hydrogens (primary N) is 1. The van der Waals surface area contributed by atoms with Gasteiger partial charge in [-0.15, -0.1) is 0 Å². The fourth-order valence-electron chi connectivity index (χ4n) is 3.53. The van der Waals surface area contributed by atoms with Gasteiger partial charge in [-0.25, -0.2) is 4.98 Å². The molecule has 0 spiro atoms. The van der Waals surface area contributed by atoms with E-state index in [1.807, 2.05) is 6.20 Å². The van der Waals surface area contributed by atoms with Gasteiger partial charge in [-0.2, -0.15) is 0 Å². The van der Waals surface area contributed by atoms with Crippen LogP contribution in [-0.2, 0) is 24.9 Å². The highest BCUT2D eigenvalue weighted by molar-refractivity contribution is 5.35. The molecule has 1 aliphatic rings. The van der Waals surface area contributed by atoms with Crippen LogP contribution in [0.15, 0.2) is 36.7 Å². The quantitative estimate of drug-likeness (QED) is 0.874. The summed E-state index contributed by atoms with van der Waals surface area (Å²) in [6.45, 7) is 3.22. The molecule has 3 rings (SSSR count). The first-order valence-corrected chi connectivity index (χ1v) is 8.10. The van der Waals surface area contributed by atoms with E-state index in [-0.39, 0.29) is 5.54 Å². The third kappa shape index (κ3) is 2.88. The Hall–Kier alpha value is -1.61. The zero-order valence-corrected chi connectivity index (χ0v) is 12.9. The summed E-state index contributed by atoms with van der Waals surface area (Å²) in [5.41, 5.74) is 9.35. The minimum absolute atomic E-state index is 0.274. The molecule has 3 nitrogen and oxygen atoms in total. The van der Waals surface area contributed by atoms with Crippen LogP contribution < -0.4 is 5.73 Å². The number of nitrogens with zero attached hydrogens (tertiary/aromatic N) is 2. The smallest absolute Gasteiger partial charge is 0.110 e. The molecule has 0 saturated heterocycles. The molecule has 1 aromatic heterocycles. The van der Waals surface area contributed by atoms with Gasteiger partial charge in [0.05, 0.1) is 0 Å². The molecule has 0 bridgehead atoms. The summed E-state index contributed by atoms with van der Waals surface area (Å²) in [5, 5.41) is 0. The predicted molar refractivity (Wildman–Crippen MR) is 86.1 cm³/mol. The molecule has 112 valence electrons. The van der Waals surface area contributed by atoms with Gasteiger partial charge in [0.1, 0.15) is 5.82 Å². The molecule has 0 radical (unpaired) electrons. The van der Waals surface area contributed by atoms with Gasteiger partial charge in [0, 0.05) is 30.9 Å². The standard InChI is InChI=1S/C18H25N3/c1-2-12-21-13-11-20-17(21)14-18(19)10-6-5-8-15-7-3-4-9-16(15)18/h3-4,7,9,11,13H,2,5-6,8,10,12,14,19H2,1H3. The van der Waals surface area contributed by atoms with Crippen molar-refractivity contribution in [2.45, 2.75) is 57.5 Å². The Morgan fingerprint density at radius 1 is 1.29 bits per heavy atom. The predicted octanol–water partition coefficient (Wildman–Crippen LogP) is 3.42. The van der Waals surface area contributed by atoms with Gasteiger partial charge in [-0.3, -0.25) is 0 Å². The molecule has 21 heavy (non-hydrogen) atoms. The van der Waals surface area contributed by atoms with E-state index < -0.39 is 0 Å². The Balaban J connectivity index is 1.94. The Morgan fingerprint density at radius 3 is 3.00 bits per heavy atom. The van der Waals surface area contributed by atoms with E-state index in [0.29, 0.717) is 0 Å². The van der Waals surface area contributed by atoms with E-state index in [1.165, 1.54) is 24.0 Å². The number of aromatic nitrogens is 2. The van der Waals surface area contributed by atoms with Crippen LogP contribution in [0.1, 0.15) is 49.6 Å². The van der Waals surface area contributed by atoms with Gasteiger partial charge in [-0.1, -0.05) is 37.6 Å². The first kappa shape index (κ1) is 14.3. The molecular weight excluding hydrogens is 258 g/mol. The van der Waals surface area contributed by atoms with Crippen LogP contribution in [0.4, 0.5) is 0 Å². The fourth-order valence-corrected chi connectivity index (χ4v) is 3.53. The third-order valence-corrected chi connectivity index (χ3v) is 4.61. The lowest BCUT2D eigenvalue weighted by molar-refractivity contribution is 0.383. The van der Waals surface area contributed by atoms with E-state index in [1.54, 1.807) is 0 Å². The maximum atomic E-state index is 6.87. The minimum Gasteiger partial charge on any atom is -0.335 e. The first-order chi connectivity index (χ1) is 10.2. The molecule has 3 heteroatoms. The van der Waals surface area contributed by atoms with E-state index in [2.05, 4.69) is 46.9 Å². The zero-order chi connectivity index (χ0) is 14.7. The van der Waals surface area contributed by atoms with Gasteiger partial charge in [0.25, 0.3) is 0 Å². The van der Waals surface area contributed by atoms with Crippen molar-refractivity contribution in [2.24, 2.45) is 5.73 Å². The van der Waals surface area contributed by atoms with Crippen molar-refractivity contribution < 1.29 is 0 Å². The topological polar surface area (TPSA) is 43.8 Å². The summed E-state index contributed by atoms with van der Waals surface area (Å²) in [7, 11) is 0. The van der Waals surface area contributed by atoms with Crippen molar-refractivity contribution in [1.82, 2.24) is 9.55 Å². The lowest BCUT2D eigenvalue weighted by Gasteiger charge is -2.30. The molecule has 0 aliphatic heterocycles. The van der Waals surface area contributed by atoms with Crippen molar-refractivity contribution in [3.05, 3.63) is 53.6 Å². The van der Waals surface area contributed by atoms with E-state index >= 15 is 0 Å². The van der Waals surface area contributed by atoms with Gasteiger partial charge in [0.15, 0.2) is 0 Å². The van der Waals surface area contributed by atoms with Crippen molar-refractivity contribution in [3.63, 3.8) is 0 Å². The SMILES string of the molecule is CCCn1ccnc1CC1(N)CCCCc2ccccc21. The molecule has 1 unspecified atom stereocenters. The van der Waals surface area contributed by atoms with Crippen LogP contribution in [0.25, 0.3) is 0 Å². The summed E-state index contributed by atoms with van der Waals surface area (Å²) in [4.78, 5) is 4.56. The fraction of sp³-hybridized carbons (Fsp3) is 0.500. The zero-order valence-electron chi connectivity index (χ0n) is 12.9. The average Bonchev–Trinajstić information content (AvgIpc) is 2.84. The van der Waals surface area contributed by atoms with Gasteiger partial charge in [0.2, 0.25) is 0 Å². The first-order valence-electron chi connectivity index (χ1n) is 8.10. The number of hydrogen-bond donors (Lipinski definition) is 1. The second-order valence-corrected chi connectivity index (χ2v) is 6.23. The lowest BCUT2D eigenvalue weighted by atomic mass is 9.82. The maximum Gasteiger partial charge on any atom is 0.110 e. The van der Waals surface area contributed by atoms with E-state index in [9.17, 15) is 0 Å². The van der Waals surface area contributed by atoms with Crippen LogP contribution in [0, 0.1) is 0 Å². The molecule has 2 aromatic rings. The number of hydrogen-bond acceptors (Lipinski definition) is 2. The lowest BCUT2D eigenvalue weighted by Crippen LogP contribution is -2.40. The Bertz CT molecular complexity index is 602. The second-order valence-electron chi connectivity index (χ2n) is 6.23. The molecule has 1 heterocycles. The minimum atomic E-state index is -0.274. The number of aryl methyl sites for hydroxylation is 2. The highest BCUT2D eigenvalue weighted by Crippen LogP contribution is 2.34. The van der Waals surface area contributed by atoms with Crippen LogP contribution >= 0.6 is 0 Å². The van der Waals surface area contributed by atoms with E-state index in [4.69, 9.17) is 5.73 Å². The Kier molecular flexibility index (Phi) is 4.11. The summed E-state index contributed by atoms with van der Waals surface area (Å²) >= 11 is 0. The maximum absolute atomic E-state index is 6.87. The molecule has 0 fully saturated rings. The van der Waals surface area contributed by atoms with Crippen molar-refractivity contribution in [1.29, 1.82) is 0 Å². The van der Waals surface area contributed by atoms with E-state index in [0.717, 1.165) is 38.1 Å². The Labute approximate surface area is 127 Å². The summed E-state index contributed by atoms with van der Waals surface area (Å²) in [6.07, 6.45) is 10.6. The van der Waals surface area contributed by atoms with Crippen LogP contribution in [0.3, 0.4) is 0 Å². The van der Waals surface area contributed by atoms with Crippen LogP contribution in [0.5, 0.6) is 0 Å². The second kappa shape index (κ2) is 6.02. The van der Waals surface area contributed by atoms with Crippen molar-refractivity contribution >= 4 is 0 Å². The monoisotopic (exact) mass is 283 g/mol. The highest BCUT2D eigenvalue weighted by atomic mass is 15.1. The molecule has 1 aliphatic carbocycles. The normalized spacial score (nSPS) is 21.8. The van der Waals surface area contributed by atoms with Crippen molar-refractivity contribution in [3.8, 4) is 0 Å². The Morgan fingerprint density at radius 2 is 2.14 bits per heavy atom. The summed E-state index contributed by atoms with van der Waals surface area (Å²) in [5.74, 6) is 1.12. The van der Waals surface area contributed by atoms with Crippen LogP contribution in [-0.4, -0.2) is 9.55 Å². The number of benzene rings is 1. The van der Waals surface area contributed by atoms with Crippen molar-refractivity contribution in [2.75, 3.05) is 0 Å². The summed E-state index contributed by atoms with van der Waals surface area (Å²) in [6, 6.07) is 8.70. The van der Waals surface area contributed by atoms with Gasteiger partial charge >= 0.3 is 0 Å². The third-order valence-electron chi connectivity index (χ3n) is 4.61. The number of imidazole rings is 1. The molecule has 0 amide bonds. The molecular formula is C18H25N3. The van der Waals surface area contributed by atoms with Gasteiger partial charge < -0.3 is 10.3 Å². The largest absolute Gasteiger partial charge is 0.335 e. The highest BCUT2D eigenvalue weighted by Gasteiger charge is 2.32. The number of rotatable bonds is 4. The summed E-state index contributed by atoms with van der Waals surface area (Å²) < 4.78 is 2.25.